The van der Waals surface area contributed by atoms with Crippen LogP contribution >= 0.6 is 0 Å². The van der Waals surface area contributed by atoms with Gasteiger partial charge in [0.2, 0.25) is 0 Å². The first-order valence-electron chi connectivity index (χ1n) is 21.8. The van der Waals surface area contributed by atoms with Gasteiger partial charge < -0.3 is 9.13 Å². The second-order valence-corrected chi connectivity index (χ2v) is 20.3. The zero-order valence-electron chi connectivity index (χ0n) is 34.6. The van der Waals surface area contributed by atoms with E-state index in [1.165, 1.54) is 86.6 Å². The van der Waals surface area contributed by atoms with E-state index in [2.05, 4.69) is 264 Å². The van der Waals surface area contributed by atoms with Crippen molar-refractivity contribution >= 4 is 72.4 Å². The molecule has 0 aliphatic rings. The number of para-hydroxylation sites is 2. The maximum absolute atomic E-state index is 2.77. The Labute approximate surface area is 368 Å². The van der Waals surface area contributed by atoms with Crippen molar-refractivity contribution in [1.82, 2.24) is 9.13 Å². The van der Waals surface area contributed by atoms with Crippen LogP contribution < -0.4 is 20.7 Å². The van der Waals surface area contributed by atoms with Gasteiger partial charge in [0.25, 0.3) is 0 Å². The number of nitrogens with zero attached hydrogens (tertiary/aromatic N) is 2. The Balaban J connectivity index is 1.06. The van der Waals surface area contributed by atoms with Gasteiger partial charge in [-0.3, -0.25) is 0 Å². The van der Waals surface area contributed by atoms with E-state index < -0.39 is 8.07 Å². The Kier molecular flexibility index (Phi) is 8.87. The predicted molar refractivity (Wildman–Crippen MR) is 270 cm³/mol. The third-order valence-corrected chi connectivity index (χ3v) is 17.8. The zero-order chi connectivity index (χ0) is 41.7. The lowest BCUT2D eigenvalue weighted by Crippen LogP contribution is -2.74. The Morgan fingerprint density at radius 2 is 0.651 bits per heavy atom. The van der Waals surface area contributed by atoms with Crippen molar-refractivity contribution in [3.8, 4) is 33.6 Å². The number of hydrogen-bond donors (Lipinski definition) is 0. The van der Waals surface area contributed by atoms with Crippen molar-refractivity contribution in [1.29, 1.82) is 0 Å². The molecule has 63 heavy (non-hydrogen) atoms. The van der Waals surface area contributed by atoms with E-state index in [-0.39, 0.29) is 0 Å². The fourth-order valence-corrected chi connectivity index (χ4v) is 15.0. The van der Waals surface area contributed by atoms with Crippen molar-refractivity contribution in [2.24, 2.45) is 0 Å². The van der Waals surface area contributed by atoms with E-state index in [0.717, 1.165) is 11.4 Å². The summed E-state index contributed by atoms with van der Waals surface area (Å²) in [5, 5.41) is 10.4. The summed E-state index contributed by atoms with van der Waals surface area (Å²) in [7, 11) is -2.77. The molecule has 0 saturated carbocycles. The smallest absolute Gasteiger partial charge is 0.179 e. The molecule has 2 aromatic heterocycles. The Bertz CT molecular complexity index is 3510. The summed E-state index contributed by atoms with van der Waals surface area (Å²) in [6.07, 6.45) is 0. The highest BCUT2D eigenvalue weighted by Crippen LogP contribution is 2.38. The van der Waals surface area contributed by atoms with Crippen molar-refractivity contribution in [2.45, 2.75) is 0 Å². The van der Waals surface area contributed by atoms with Crippen molar-refractivity contribution in [2.75, 3.05) is 0 Å². The van der Waals surface area contributed by atoms with Gasteiger partial charge in [-0.2, -0.15) is 0 Å². The third kappa shape index (κ3) is 6.00. The molecule has 0 bridgehead atoms. The van der Waals surface area contributed by atoms with Gasteiger partial charge in [0.05, 0.1) is 22.1 Å². The molecule has 2 nitrogen and oxygen atoms in total. The highest BCUT2D eigenvalue weighted by Gasteiger charge is 2.41. The van der Waals surface area contributed by atoms with Gasteiger partial charge in [-0.05, 0) is 97.6 Å². The van der Waals surface area contributed by atoms with Gasteiger partial charge in [0.15, 0.2) is 8.07 Å². The molecule has 0 aliphatic heterocycles. The van der Waals surface area contributed by atoms with Crippen LogP contribution in [0.3, 0.4) is 0 Å². The van der Waals surface area contributed by atoms with Crippen LogP contribution in [0.4, 0.5) is 0 Å². The first kappa shape index (κ1) is 36.8. The minimum Gasteiger partial charge on any atom is -0.309 e. The molecule has 12 aromatic rings. The lowest BCUT2D eigenvalue weighted by atomic mass is 9.99. The predicted octanol–water partition coefficient (Wildman–Crippen LogP) is 12.6. The molecule has 10 aromatic carbocycles. The number of aromatic nitrogens is 2. The minimum atomic E-state index is -2.77. The van der Waals surface area contributed by atoms with Crippen LogP contribution in [-0.4, -0.2) is 17.2 Å². The fraction of sp³-hybridized carbons (Fsp3) is 0. The molecule has 0 saturated heterocycles. The van der Waals surface area contributed by atoms with Crippen LogP contribution in [0.2, 0.25) is 0 Å². The van der Waals surface area contributed by atoms with Crippen LogP contribution in [0.25, 0.3) is 77.2 Å². The summed E-state index contributed by atoms with van der Waals surface area (Å²) in [4.78, 5) is 0. The first-order chi connectivity index (χ1) is 31.3. The molecular formula is C60H42N2Si. The maximum Gasteiger partial charge on any atom is 0.179 e. The molecule has 0 amide bonds. The summed E-state index contributed by atoms with van der Waals surface area (Å²) in [6, 6.07) is 94.2. The van der Waals surface area contributed by atoms with E-state index in [1.807, 2.05) is 0 Å². The molecule has 0 atom stereocenters. The van der Waals surface area contributed by atoms with Gasteiger partial charge in [-0.15, -0.1) is 0 Å². The molecule has 0 unspecified atom stereocenters. The summed E-state index contributed by atoms with van der Waals surface area (Å²) in [6.45, 7) is 0. The topological polar surface area (TPSA) is 9.86 Å². The van der Waals surface area contributed by atoms with Crippen LogP contribution in [0.15, 0.2) is 255 Å². The Morgan fingerprint density at radius 1 is 0.222 bits per heavy atom. The monoisotopic (exact) mass is 818 g/mol. The van der Waals surface area contributed by atoms with Crippen LogP contribution in [0, 0.1) is 0 Å². The second kappa shape index (κ2) is 15.2. The summed E-state index contributed by atoms with van der Waals surface area (Å²) in [5.74, 6) is 0. The molecule has 0 radical (unpaired) electrons. The second-order valence-electron chi connectivity index (χ2n) is 16.5. The fourth-order valence-electron chi connectivity index (χ4n) is 10.3. The van der Waals surface area contributed by atoms with E-state index in [1.54, 1.807) is 0 Å². The normalized spacial score (nSPS) is 11.8. The summed E-state index contributed by atoms with van der Waals surface area (Å²) < 4.78 is 4.93. The largest absolute Gasteiger partial charge is 0.309 e. The average molecular weight is 819 g/mol. The minimum absolute atomic E-state index is 1.14. The van der Waals surface area contributed by atoms with Crippen molar-refractivity contribution < 1.29 is 0 Å². The van der Waals surface area contributed by atoms with Crippen LogP contribution in [0.1, 0.15) is 0 Å². The number of fused-ring (bicyclic) bond motifs is 6. The van der Waals surface area contributed by atoms with E-state index in [9.17, 15) is 0 Å². The van der Waals surface area contributed by atoms with Gasteiger partial charge in [-0.1, -0.05) is 200 Å². The van der Waals surface area contributed by atoms with Gasteiger partial charge in [-0.25, -0.2) is 0 Å². The van der Waals surface area contributed by atoms with Gasteiger partial charge in [0.1, 0.15) is 0 Å². The van der Waals surface area contributed by atoms with Gasteiger partial charge >= 0.3 is 0 Å². The Morgan fingerprint density at radius 3 is 1.27 bits per heavy atom. The lowest BCUT2D eigenvalue weighted by molar-refractivity contribution is 1.17. The average Bonchev–Trinajstić information content (AvgIpc) is 3.88. The molecule has 296 valence electrons. The van der Waals surface area contributed by atoms with Crippen molar-refractivity contribution in [3.05, 3.63) is 255 Å². The molecule has 12 rings (SSSR count). The molecule has 0 fully saturated rings. The molecule has 0 spiro atoms. The molecule has 3 heteroatoms. The quantitative estimate of drug-likeness (QED) is 0.107. The standard InChI is InChI=1S/C60H42N2Si/c1-5-19-43(20-6-1)44-21-17-22-45(39-44)46-23-18-24-47(40-46)61-58-34-16-14-32-54(58)56-41-48(35-38-59(56)61)62-57-33-15-13-31-53(57)55-37-36-52(42-60(55)62)63(49-25-7-2-8-26-49,50-27-9-3-10-28-50)51-29-11-4-12-30-51/h1-42H. The number of hydrogen-bond acceptors (Lipinski definition) is 0. The number of benzene rings is 10. The molecule has 0 aliphatic carbocycles. The van der Waals surface area contributed by atoms with E-state index in [4.69, 9.17) is 0 Å². The summed E-state index contributed by atoms with van der Waals surface area (Å²) in [5.41, 5.74) is 11.9. The zero-order valence-corrected chi connectivity index (χ0v) is 35.6. The van der Waals surface area contributed by atoms with E-state index >= 15 is 0 Å². The molecular weight excluding hydrogens is 777 g/mol. The number of rotatable bonds is 8. The SMILES string of the molecule is c1ccc(-c2cccc(-c3cccc(-n4c5ccccc5c5cc(-n6c7ccccc7c7ccc([Si](c8ccccc8)(c8ccccc8)c8ccccc8)cc76)ccc54)c3)c2)cc1. The molecule has 2 heterocycles. The highest BCUT2D eigenvalue weighted by atomic mass is 28.3. The highest BCUT2D eigenvalue weighted by molar-refractivity contribution is 7.20. The Hall–Kier alpha value is -7.98. The lowest BCUT2D eigenvalue weighted by Gasteiger charge is -2.34. The van der Waals surface area contributed by atoms with Gasteiger partial charge in [0, 0.05) is 32.9 Å². The van der Waals surface area contributed by atoms with E-state index in [0.29, 0.717) is 0 Å². The first-order valence-corrected chi connectivity index (χ1v) is 23.8. The summed E-state index contributed by atoms with van der Waals surface area (Å²) >= 11 is 0. The van der Waals surface area contributed by atoms with Crippen LogP contribution in [0.5, 0.6) is 0 Å². The van der Waals surface area contributed by atoms with Crippen molar-refractivity contribution in [3.63, 3.8) is 0 Å². The maximum atomic E-state index is 2.51. The van der Waals surface area contributed by atoms with Crippen LogP contribution in [-0.2, 0) is 0 Å². The third-order valence-electron chi connectivity index (χ3n) is 13.0. The molecule has 0 N–H and O–H groups in total.